The van der Waals surface area contributed by atoms with E-state index in [1.165, 1.54) is 16.5 Å². The molecule has 1 aliphatic rings. The molecule has 1 amide bonds. The summed E-state index contributed by atoms with van der Waals surface area (Å²) in [5.74, 6) is 1.30. The fourth-order valence-corrected chi connectivity index (χ4v) is 3.93. The average molecular weight is 392 g/mol. The second kappa shape index (κ2) is 7.91. The van der Waals surface area contributed by atoms with Crippen LogP contribution in [0.25, 0.3) is 10.8 Å². The maximum atomic E-state index is 12.5. The molecule has 3 aromatic rings. The van der Waals surface area contributed by atoms with Crippen LogP contribution >= 0.6 is 0 Å². The van der Waals surface area contributed by atoms with Crippen LogP contribution in [0.2, 0.25) is 0 Å². The molecule has 0 unspecified atom stereocenters. The Morgan fingerprint density at radius 3 is 2.28 bits per heavy atom. The smallest absolute Gasteiger partial charge is 0.243 e. The number of methoxy groups -OCH3 is 3. The minimum Gasteiger partial charge on any atom is -0.493 e. The van der Waals surface area contributed by atoms with E-state index in [2.05, 4.69) is 41.0 Å². The summed E-state index contributed by atoms with van der Waals surface area (Å²) in [5, 5.41) is 8.64. The zero-order chi connectivity index (χ0) is 20.4. The fourth-order valence-electron chi connectivity index (χ4n) is 3.93. The van der Waals surface area contributed by atoms with Gasteiger partial charge >= 0.3 is 0 Å². The molecule has 150 valence electrons. The Morgan fingerprint density at radius 2 is 1.62 bits per heavy atom. The molecule has 0 fully saturated rings. The van der Waals surface area contributed by atoms with Crippen LogP contribution in [0, 0.1) is 0 Å². The summed E-state index contributed by atoms with van der Waals surface area (Å²) in [4.78, 5) is 12.5. The number of hydrogen-bond donors (Lipinski definition) is 2. The van der Waals surface area contributed by atoms with Gasteiger partial charge < -0.3 is 24.8 Å². The molecule has 2 N–H and O–H groups in total. The van der Waals surface area contributed by atoms with Crippen LogP contribution in [0.1, 0.15) is 11.1 Å². The monoisotopic (exact) mass is 392 g/mol. The summed E-state index contributed by atoms with van der Waals surface area (Å²) >= 11 is 0. The molecule has 29 heavy (non-hydrogen) atoms. The van der Waals surface area contributed by atoms with Crippen molar-refractivity contribution in [2.45, 2.75) is 12.8 Å². The Balaban J connectivity index is 1.50. The van der Waals surface area contributed by atoms with Crippen molar-refractivity contribution < 1.29 is 19.0 Å². The van der Waals surface area contributed by atoms with Crippen molar-refractivity contribution >= 4 is 28.1 Å². The van der Waals surface area contributed by atoms with E-state index >= 15 is 0 Å². The van der Waals surface area contributed by atoms with Crippen LogP contribution in [0.4, 0.5) is 11.4 Å². The van der Waals surface area contributed by atoms with E-state index in [1.54, 1.807) is 33.5 Å². The van der Waals surface area contributed by atoms with Crippen molar-refractivity contribution in [2.24, 2.45) is 0 Å². The highest BCUT2D eigenvalue weighted by Gasteiger charge is 2.17. The van der Waals surface area contributed by atoms with E-state index in [9.17, 15) is 4.79 Å². The second-order valence-corrected chi connectivity index (χ2v) is 6.93. The minimum absolute atomic E-state index is 0.148. The molecule has 0 heterocycles. The Morgan fingerprint density at radius 1 is 0.931 bits per heavy atom. The average Bonchev–Trinajstić information content (AvgIpc) is 3.17. The van der Waals surface area contributed by atoms with Gasteiger partial charge in [0.25, 0.3) is 0 Å². The molecule has 0 aromatic heterocycles. The molecule has 0 saturated carbocycles. The van der Waals surface area contributed by atoms with Crippen molar-refractivity contribution in [1.82, 2.24) is 0 Å². The summed E-state index contributed by atoms with van der Waals surface area (Å²) in [6.07, 6.45) is 2.16. The molecule has 6 nitrogen and oxygen atoms in total. The summed E-state index contributed by atoms with van der Waals surface area (Å²) in [5.41, 5.74) is 4.30. The van der Waals surface area contributed by atoms with E-state index < -0.39 is 0 Å². The van der Waals surface area contributed by atoms with Gasteiger partial charge in [-0.25, -0.2) is 0 Å². The van der Waals surface area contributed by atoms with E-state index in [1.807, 2.05) is 0 Å². The van der Waals surface area contributed by atoms with Gasteiger partial charge in [-0.1, -0.05) is 24.3 Å². The van der Waals surface area contributed by atoms with Gasteiger partial charge in [-0.15, -0.1) is 0 Å². The maximum Gasteiger partial charge on any atom is 0.243 e. The Kier molecular flexibility index (Phi) is 5.16. The zero-order valence-corrected chi connectivity index (χ0v) is 16.8. The van der Waals surface area contributed by atoms with Crippen molar-refractivity contribution in [3.63, 3.8) is 0 Å². The zero-order valence-electron chi connectivity index (χ0n) is 16.8. The van der Waals surface area contributed by atoms with Crippen LogP contribution in [0.3, 0.4) is 0 Å². The van der Waals surface area contributed by atoms with Gasteiger partial charge in [0.1, 0.15) is 0 Å². The summed E-state index contributed by atoms with van der Waals surface area (Å²) in [6.45, 7) is 0.148. The van der Waals surface area contributed by atoms with E-state index in [-0.39, 0.29) is 12.5 Å². The van der Waals surface area contributed by atoms with Crippen molar-refractivity contribution in [3.8, 4) is 17.2 Å². The molecule has 0 bridgehead atoms. The number of nitrogens with one attached hydrogen (secondary N) is 2. The highest BCUT2D eigenvalue weighted by atomic mass is 16.5. The Bertz CT molecular complexity index is 1040. The third-order valence-electron chi connectivity index (χ3n) is 5.26. The third kappa shape index (κ3) is 3.53. The maximum absolute atomic E-state index is 12.5. The molecule has 0 atom stereocenters. The predicted molar refractivity (Wildman–Crippen MR) is 115 cm³/mol. The van der Waals surface area contributed by atoms with Gasteiger partial charge in [0.2, 0.25) is 11.7 Å². The van der Waals surface area contributed by atoms with Gasteiger partial charge in [-0.2, -0.15) is 0 Å². The lowest BCUT2D eigenvalue weighted by atomic mass is 10.0. The largest absolute Gasteiger partial charge is 0.493 e. The summed E-state index contributed by atoms with van der Waals surface area (Å²) in [6, 6.07) is 14.0. The number of benzene rings is 3. The van der Waals surface area contributed by atoms with Crippen LogP contribution in [0.5, 0.6) is 17.2 Å². The van der Waals surface area contributed by atoms with Gasteiger partial charge in [0, 0.05) is 28.9 Å². The summed E-state index contributed by atoms with van der Waals surface area (Å²) in [7, 11) is 4.63. The van der Waals surface area contributed by atoms with Gasteiger partial charge in [0.15, 0.2) is 11.5 Å². The lowest BCUT2D eigenvalue weighted by Gasteiger charge is -2.15. The van der Waals surface area contributed by atoms with Crippen LogP contribution in [-0.2, 0) is 17.6 Å². The molecule has 3 aromatic carbocycles. The first kappa shape index (κ1) is 18.9. The molecule has 0 aliphatic heterocycles. The van der Waals surface area contributed by atoms with E-state index in [0.717, 1.165) is 23.9 Å². The Hall–Kier alpha value is -3.41. The molecular weight excluding hydrogens is 368 g/mol. The minimum atomic E-state index is -0.164. The highest BCUT2D eigenvalue weighted by molar-refractivity contribution is 6.01. The topological polar surface area (TPSA) is 68.8 Å². The molecule has 0 saturated heterocycles. The van der Waals surface area contributed by atoms with Gasteiger partial charge in [-0.05, 0) is 35.4 Å². The van der Waals surface area contributed by atoms with Crippen LogP contribution in [0.15, 0.2) is 42.5 Å². The number of hydrogen-bond acceptors (Lipinski definition) is 5. The molecular formula is C23H24N2O4. The number of carbonyl (C=O) groups excluding carboxylic acids is 1. The van der Waals surface area contributed by atoms with Crippen molar-refractivity contribution in [2.75, 3.05) is 38.5 Å². The van der Waals surface area contributed by atoms with E-state index in [0.29, 0.717) is 22.9 Å². The number of ether oxygens (including phenoxy) is 3. The fraction of sp³-hybridized carbons (Fsp3) is 0.261. The number of amides is 1. The molecule has 4 rings (SSSR count). The predicted octanol–water partition coefficient (Wildman–Crippen LogP) is 4.01. The quantitative estimate of drug-likeness (QED) is 0.636. The first-order valence-electron chi connectivity index (χ1n) is 9.51. The summed E-state index contributed by atoms with van der Waals surface area (Å²) < 4.78 is 16.0. The van der Waals surface area contributed by atoms with Crippen molar-refractivity contribution in [3.05, 3.63) is 53.6 Å². The normalized spacial score (nSPS) is 12.0. The molecule has 1 aliphatic carbocycles. The molecule has 0 radical (unpaired) electrons. The SMILES string of the molecule is COc1cc(NC(=O)CNc2ccc3c4c(cccc24)CC3)cc(OC)c1OC. The van der Waals surface area contributed by atoms with Crippen LogP contribution in [-0.4, -0.2) is 33.8 Å². The van der Waals surface area contributed by atoms with E-state index in [4.69, 9.17) is 14.2 Å². The highest BCUT2D eigenvalue weighted by Crippen LogP contribution is 2.40. The third-order valence-corrected chi connectivity index (χ3v) is 5.26. The second-order valence-electron chi connectivity index (χ2n) is 6.93. The number of anilines is 2. The number of aryl methyl sites for hydroxylation is 2. The first-order valence-corrected chi connectivity index (χ1v) is 9.51. The first-order chi connectivity index (χ1) is 14.1. The van der Waals surface area contributed by atoms with Gasteiger partial charge in [0.05, 0.1) is 27.9 Å². The van der Waals surface area contributed by atoms with Crippen LogP contribution < -0.4 is 24.8 Å². The lowest BCUT2D eigenvalue weighted by Crippen LogP contribution is -2.22. The molecule has 0 spiro atoms. The van der Waals surface area contributed by atoms with Crippen molar-refractivity contribution in [1.29, 1.82) is 0 Å². The lowest BCUT2D eigenvalue weighted by molar-refractivity contribution is -0.114. The number of carbonyl (C=O) groups is 1. The Labute approximate surface area is 169 Å². The van der Waals surface area contributed by atoms with Gasteiger partial charge in [-0.3, -0.25) is 4.79 Å². The standard InChI is InChI=1S/C23H24N2O4/c1-27-19-11-16(12-20(28-2)23(19)29-3)25-21(26)13-24-18-10-9-15-8-7-14-5-4-6-17(18)22(14)15/h4-6,9-12,24H,7-8,13H2,1-3H3,(H,25,26). The number of rotatable bonds is 7. The molecule has 6 heteroatoms.